The van der Waals surface area contributed by atoms with Gasteiger partial charge >= 0.3 is 0 Å². The average Bonchev–Trinajstić information content (AvgIpc) is 3.48. The molecular formula is C25H36N6O4S. The van der Waals surface area contributed by atoms with Gasteiger partial charge in [-0.2, -0.15) is 5.10 Å². The molecule has 1 saturated heterocycles. The Hall–Kier alpha value is -2.76. The summed E-state index contributed by atoms with van der Waals surface area (Å²) in [5.41, 5.74) is -1.92. The molecule has 10 nitrogen and oxygen atoms in total. The summed E-state index contributed by atoms with van der Waals surface area (Å²) in [7, 11) is -0.952. The second-order valence-electron chi connectivity index (χ2n) is 8.49. The zero-order chi connectivity index (χ0) is 36.3. The number of nitrogens with zero attached hydrogens (tertiary/aromatic N) is 4. The highest BCUT2D eigenvalue weighted by atomic mass is 32.2. The lowest BCUT2D eigenvalue weighted by Crippen LogP contribution is -2.31. The maximum Gasteiger partial charge on any atom is 0.277 e. The smallest absolute Gasteiger partial charge is 0.277 e. The number of aryl methyl sites for hydroxylation is 2. The van der Waals surface area contributed by atoms with E-state index in [0.717, 1.165) is 42.3 Å². The van der Waals surface area contributed by atoms with E-state index in [1.165, 1.54) is 7.05 Å². The quantitative estimate of drug-likeness (QED) is 0.392. The van der Waals surface area contributed by atoms with E-state index >= 15 is 0 Å². The van der Waals surface area contributed by atoms with Crippen molar-refractivity contribution in [2.24, 2.45) is 7.05 Å². The number of hydrogen-bond acceptors (Lipinski definition) is 7. The van der Waals surface area contributed by atoms with Crippen LogP contribution < -0.4 is 15.0 Å². The van der Waals surface area contributed by atoms with Crippen LogP contribution in [0.1, 0.15) is 67.9 Å². The van der Waals surface area contributed by atoms with Crippen LogP contribution in [0.2, 0.25) is 0 Å². The standard InChI is InChI=1S/C25H36N6O4S/c1-5-8-20-22-23(31(4)29-20)25(32)28-24(27-22)19-16-18(10-11-21(19)35-15-6-2)36(33,34)26-13-12-17-9-7-14-30(17)3/h10-11,16-17,26H,5-9,12-15H2,1-4H3,(H,27,28,32)/i1D3,2D3,5D2,6D2,15D2. The third kappa shape index (κ3) is 5.47. The van der Waals surface area contributed by atoms with E-state index in [0.29, 0.717) is 6.42 Å². The van der Waals surface area contributed by atoms with Crippen LogP contribution in [-0.2, 0) is 23.5 Å². The fourth-order valence-corrected chi connectivity index (χ4v) is 5.47. The molecule has 2 N–H and O–H groups in total. The maximum absolute atomic E-state index is 13.4. The number of fused-ring (bicyclic) bond motifs is 1. The Morgan fingerprint density at radius 2 is 2.14 bits per heavy atom. The van der Waals surface area contributed by atoms with Gasteiger partial charge < -0.3 is 14.6 Å². The molecule has 0 bridgehead atoms. The minimum Gasteiger partial charge on any atom is -0.493 e. The van der Waals surface area contributed by atoms with Gasteiger partial charge in [-0.25, -0.2) is 18.1 Å². The Labute approximate surface area is 229 Å². The van der Waals surface area contributed by atoms with Crippen molar-refractivity contribution < 1.29 is 29.6 Å². The van der Waals surface area contributed by atoms with Gasteiger partial charge in [0.15, 0.2) is 5.52 Å². The predicted octanol–water partition coefficient (Wildman–Crippen LogP) is 2.83. The summed E-state index contributed by atoms with van der Waals surface area (Å²) < 4.78 is 129. The molecular weight excluding hydrogens is 480 g/mol. The molecule has 0 spiro atoms. The first-order chi connectivity index (χ1) is 21.8. The monoisotopic (exact) mass is 528 g/mol. The van der Waals surface area contributed by atoms with Crippen molar-refractivity contribution in [2.75, 3.05) is 26.7 Å². The Balaban J connectivity index is 1.86. The second-order valence-corrected chi connectivity index (χ2v) is 10.3. The van der Waals surface area contributed by atoms with E-state index < -0.39 is 72.1 Å². The molecule has 1 aromatic carbocycles. The van der Waals surface area contributed by atoms with E-state index in [9.17, 15) is 13.2 Å². The maximum atomic E-state index is 13.4. The Morgan fingerprint density at radius 3 is 2.89 bits per heavy atom. The number of hydrogen-bond donors (Lipinski definition) is 2. The fourth-order valence-electron chi connectivity index (χ4n) is 4.40. The molecule has 11 heteroatoms. The van der Waals surface area contributed by atoms with Gasteiger partial charge in [-0.05, 0) is 63.8 Å². The van der Waals surface area contributed by atoms with Gasteiger partial charge in [0.25, 0.3) is 5.56 Å². The first-order valence-corrected chi connectivity index (χ1v) is 12.8. The van der Waals surface area contributed by atoms with Gasteiger partial charge in [0.05, 0.1) is 25.5 Å². The molecule has 1 fully saturated rings. The fraction of sp³-hybridized carbons (Fsp3) is 0.560. The van der Waals surface area contributed by atoms with E-state index in [2.05, 4.69) is 24.7 Å². The molecule has 196 valence electrons. The van der Waals surface area contributed by atoms with Crippen LogP contribution in [0.5, 0.6) is 5.75 Å². The van der Waals surface area contributed by atoms with Gasteiger partial charge in [0.1, 0.15) is 17.1 Å². The highest BCUT2D eigenvalue weighted by molar-refractivity contribution is 7.89. The topological polar surface area (TPSA) is 122 Å². The lowest BCUT2D eigenvalue weighted by molar-refractivity contribution is 0.297. The number of sulfonamides is 1. The van der Waals surface area contributed by atoms with E-state index in [-0.39, 0.29) is 34.2 Å². The number of benzene rings is 1. The van der Waals surface area contributed by atoms with Crippen LogP contribution in [-0.4, -0.2) is 65.8 Å². The average molecular weight is 529 g/mol. The van der Waals surface area contributed by atoms with Crippen molar-refractivity contribution in [1.82, 2.24) is 29.4 Å². The summed E-state index contributed by atoms with van der Waals surface area (Å²) in [5, 5.41) is 4.09. The van der Waals surface area contributed by atoms with E-state index in [1.807, 2.05) is 7.05 Å². The number of rotatable bonds is 11. The third-order valence-electron chi connectivity index (χ3n) is 6.19. The summed E-state index contributed by atoms with van der Waals surface area (Å²) >= 11 is 0. The lowest BCUT2D eigenvalue weighted by atomic mass is 10.1. The van der Waals surface area contributed by atoms with Crippen LogP contribution >= 0.6 is 0 Å². The zero-order valence-corrected chi connectivity index (χ0v) is 20.7. The molecule has 0 radical (unpaired) electrons. The van der Waals surface area contributed by atoms with Crippen molar-refractivity contribution >= 4 is 21.1 Å². The second kappa shape index (κ2) is 11.1. The number of aromatic amines is 1. The number of likely N-dealkylation sites (tertiary alicyclic amines) is 1. The van der Waals surface area contributed by atoms with Crippen molar-refractivity contribution in [1.29, 1.82) is 0 Å². The Kier molecular flexibility index (Phi) is 4.58. The molecule has 1 atom stereocenters. The Bertz CT molecular complexity index is 1840. The predicted molar refractivity (Wildman–Crippen MR) is 140 cm³/mol. The van der Waals surface area contributed by atoms with Crippen molar-refractivity contribution in [3.8, 4) is 17.1 Å². The minimum atomic E-state index is -4.24. The van der Waals surface area contributed by atoms with Crippen molar-refractivity contribution in [2.45, 2.75) is 63.1 Å². The molecule has 0 aliphatic carbocycles. The SMILES string of the molecule is [2H]C([2H])([2H])C([2H])([2H])Cc1nn(C)c2c(=O)[nH]c(-c3cc(S(=O)(=O)NCCC4CCCN4C)ccc3OC([2H])([2H])C([2H])([2H])C([2H])([2H])[2H])nc12. The number of ether oxygens (including phenoxy) is 1. The summed E-state index contributed by atoms with van der Waals surface area (Å²) in [6.45, 7) is -9.12. The third-order valence-corrected chi connectivity index (χ3v) is 7.65. The molecule has 2 aromatic heterocycles. The van der Waals surface area contributed by atoms with Gasteiger partial charge in [-0.15, -0.1) is 0 Å². The van der Waals surface area contributed by atoms with E-state index in [1.54, 1.807) is 0 Å². The zero-order valence-electron chi connectivity index (χ0n) is 31.9. The highest BCUT2D eigenvalue weighted by Gasteiger charge is 2.23. The lowest BCUT2D eigenvalue weighted by Gasteiger charge is -2.19. The number of nitrogens with one attached hydrogen (secondary N) is 2. The van der Waals surface area contributed by atoms with Crippen LogP contribution in [0.15, 0.2) is 27.9 Å². The molecule has 1 unspecified atom stereocenters. The van der Waals surface area contributed by atoms with Crippen LogP contribution in [0.3, 0.4) is 0 Å². The van der Waals surface area contributed by atoms with Gasteiger partial charge in [0, 0.05) is 33.3 Å². The number of H-pyrrole nitrogens is 1. The Morgan fingerprint density at radius 1 is 1.31 bits per heavy atom. The molecule has 1 aliphatic rings. The summed E-state index contributed by atoms with van der Waals surface area (Å²) in [6, 6.07) is 3.15. The van der Waals surface area contributed by atoms with Gasteiger partial charge in [-0.1, -0.05) is 20.1 Å². The first kappa shape index (κ1) is 14.8. The van der Waals surface area contributed by atoms with Crippen molar-refractivity contribution in [3.63, 3.8) is 0 Å². The summed E-state index contributed by atoms with van der Waals surface area (Å²) in [6.07, 6.45) is -4.74. The molecule has 36 heavy (non-hydrogen) atoms. The largest absolute Gasteiger partial charge is 0.493 e. The summed E-state index contributed by atoms with van der Waals surface area (Å²) in [4.78, 5) is 21.8. The molecule has 3 aromatic rings. The van der Waals surface area contributed by atoms with Gasteiger partial charge in [-0.3, -0.25) is 9.48 Å². The first-order valence-electron chi connectivity index (χ1n) is 17.3. The van der Waals surface area contributed by atoms with Crippen LogP contribution in [0, 0.1) is 0 Å². The number of aromatic nitrogens is 4. The highest BCUT2D eigenvalue weighted by Crippen LogP contribution is 2.31. The normalized spacial score (nSPS) is 23.6. The molecule has 3 heterocycles. The molecule has 0 amide bonds. The van der Waals surface area contributed by atoms with Gasteiger partial charge in [0.2, 0.25) is 10.0 Å². The molecule has 4 rings (SSSR count). The van der Waals surface area contributed by atoms with E-state index in [4.69, 9.17) is 21.2 Å². The summed E-state index contributed by atoms with van der Waals surface area (Å²) in [5.74, 6) is -1.05. The minimum absolute atomic E-state index is 0.0812. The molecule has 0 saturated carbocycles. The van der Waals surface area contributed by atoms with Crippen LogP contribution in [0.25, 0.3) is 22.4 Å². The molecule has 1 aliphatic heterocycles. The van der Waals surface area contributed by atoms with Crippen LogP contribution in [0.4, 0.5) is 0 Å². The van der Waals surface area contributed by atoms with Crippen molar-refractivity contribution in [3.05, 3.63) is 34.2 Å².